The number of halogens is 1. The van der Waals surface area contributed by atoms with E-state index in [0.717, 1.165) is 42.7 Å². The fourth-order valence-electron chi connectivity index (χ4n) is 4.02. The van der Waals surface area contributed by atoms with E-state index in [1.54, 1.807) is 12.1 Å². The van der Waals surface area contributed by atoms with Gasteiger partial charge in [-0.25, -0.2) is 4.98 Å². The lowest BCUT2D eigenvalue weighted by atomic mass is 9.88. The minimum atomic E-state index is 0. The number of nitrogen functional groups attached to an aromatic ring is 1. The second-order valence-corrected chi connectivity index (χ2v) is 7.55. The standard InChI is InChI=1S/C24H25N5O.ClH/c25-13-19-18(17-8-5-11-27-15-17)12-21(29-24(19)26)23-20(9-4-10-22(23)30)28-14-16-6-2-1-3-7-16;/h1-4,6-7,9-10,12,17,27-28,30H,5,8,11,14-15H2,(H2,26,29);1H. The zero-order valence-electron chi connectivity index (χ0n) is 17.1. The first-order valence-corrected chi connectivity index (χ1v) is 10.2. The Balaban J connectivity index is 0.00000272. The van der Waals surface area contributed by atoms with E-state index in [9.17, 15) is 10.4 Å². The van der Waals surface area contributed by atoms with Crippen molar-refractivity contribution in [1.29, 1.82) is 5.26 Å². The highest BCUT2D eigenvalue weighted by molar-refractivity contribution is 5.85. The molecule has 0 amide bonds. The number of aromatic hydroxyl groups is 1. The molecule has 2 heterocycles. The van der Waals surface area contributed by atoms with Gasteiger partial charge in [-0.1, -0.05) is 36.4 Å². The van der Waals surface area contributed by atoms with E-state index >= 15 is 0 Å². The zero-order valence-corrected chi connectivity index (χ0v) is 18.0. The highest BCUT2D eigenvalue weighted by atomic mass is 35.5. The lowest BCUT2D eigenvalue weighted by Gasteiger charge is -2.25. The van der Waals surface area contributed by atoms with Crippen LogP contribution in [-0.2, 0) is 6.54 Å². The van der Waals surface area contributed by atoms with Crippen LogP contribution in [0, 0.1) is 11.3 Å². The molecule has 1 aromatic heterocycles. The molecule has 1 fully saturated rings. The van der Waals surface area contributed by atoms with E-state index in [2.05, 4.69) is 21.7 Å². The highest BCUT2D eigenvalue weighted by Crippen LogP contribution is 2.39. The first kappa shape index (κ1) is 22.4. The van der Waals surface area contributed by atoms with Gasteiger partial charge in [-0.05, 0) is 54.6 Å². The van der Waals surface area contributed by atoms with Crippen LogP contribution in [-0.4, -0.2) is 23.2 Å². The molecule has 0 bridgehead atoms. The largest absolute Gasteiger partial charge is 0.507 e. The third kappa shape index (κ3) is 4.91. The van der Waals surface area contributed by atoms with Gasteiger partial charge in [-0.15, -0.1) is 12.4 Å². The second kappa shape index (κ2) is 10.2. The van der Waals surface area contributed by atoms with E-state index in [-0.39, 0.29) is 29.9 Å². The van der Waals surface area contributed by atoms with Crippen molar-refractivity contribution in [2.45, 2.75) is 25.3 Å². The Morgan fingerprint density at radius 1 is 1.19 bits per heavy atom. The molecule has 1 atom stereocenters. The van der Waals surface area contributed by atoms with E-state index < -0.39 is 0 Å². The normalized spacial score (nSPS) is 15.5. The van der Waals surface area contributed by atoms with E-state index in [1.807, 2.05) is 42.5 Å². The molecule has 4 rings (SSSR count). The summed E-state index contributed by atoms with van der Waals surface area (Å²) in [6.07, 6.45) is 2.04. The van der Waals surface area contributed by atoms with Crippen LogP contribution in [0.2, 0.25) is 0 Å². The average Bonchev–Trinajstić information content (AvgIpc) is 2.78. The summed E-state index contributed by atoms with van der Waals surface area (Å²) in [6.45, 7) is 2.40. The van der Waals surface area contributed by atoms with Gasteiger partial charge in [-0.3, -0.25) is 0 Å². The van der Waals surface area contributed by atoms with Gasteiger partial charge in [0, 0.05) is 18.8 Å². The number of nitriles is 1. The summed E-state index contributed by atoms with van der Waals surface area (Å²) >= 11 is 0. The zero-order chi connectivity index (χ0) is 20.9. The number of hydrogen-bond acceptors (Lipinski definition) is 6. The predicted octanol–water partition coefficient (Wildman–Crippen LogP) is 4.41. The van der Waals surface area contributed by atoms with Gasteiger partial charge in [0.1, 0.15) is 17.6 Å². The molecule has 2 aromatic carbocycles. The van der Waals surface area contributed by atoms with Crippen molar-refractivity contribution in [3.8, 4) is 23.1 Å². The molecule has 0 spiro atoms. The average molecular weight is 436 g/mol. The Kier molecular flexibility index (Phi) is 7.35. The van der Waals surface area contributed by atoms with Crippen LogP contribution in [0.25, 0.3) is 11.3 Å². The maximum atomic E-state index is 10.7. The van der Waals surface area contributed by atoms with Crippen LogP contribution in [0.1, 0.15) is 35.4 Å². The van der Waals surface area contributed by atoms with Crippen molar-refractivity contribution < 1.29 is 5.11 Å². The number of aromatic nitrogens is 1. The number of phenolic OH excluding ortho intramolecular Hbond substituents is 1. The second-order valence-electron chi connectivity index (χ2n) is 7.55. The monoisotopic (exact) mass is 435 g/mol. The molecule has 7 heteroatoms. The third-order valence-electron chi connectivity index (χ3n) is 5.55. The van der Waals surface area contributed by atoms with Crippen LogP contribution in [0.5, 0.6) is 5.75 Å². The number of nitrogens with two attached hydrogens (primary N) is 1. The molecule has 0 aliphatic carbocycles. The lowest BCUT2D eigenvalue weighted by molar-refractivity contribution is 0.461. The molecule has 6 nitrogen and oxygen atoms in total. The fourth-order valence-corrected chi connectivity index (χ4v) is 4.02. The van der Waals surface area contributed by atoms with Crippen molar-refractivity contribution in [1.82, 2.24) is 10.3 Å². The number of piperidine rings is 1. The Hall–Kier alpha value is -3.27. The summed E-state index contributed by atoms with van der Waals surface area (Å²) in [7, 11) is 0. The predicted molar refractivity (Wildman–Crippen MR) is 126 cm³/mol. The summed E-state index contributed by atoms with van der Waals surface area (Å²) in [5.74, 6) is 0.522. The topological polar surface area (TPSA) is 107 Å². The number of nitrogens with zero attached hydrogens (tertiary/aromatic N) is 2. The molecule has 0 radical (unpaired) electrons. The Labute approximate surface area is 188 Å². The fraction of sp³-hybridized carbons (Fsp3) is 0.250. The summed E-state index contributed by atoms with van der Waals surface area (Å²) < 4.78 is 0. The summed E-state index contributed by atoms with van der Waals surface area (Å²) in [4.78, 5) is 4.48. The number of pyridine rings is 1. The van der Waals surface area contributed by atoms with Crippen molar-refractivity contribution in [2.24, 2.45) is 0 Å². The molecule has 5 N–H and O–H groups in total. The van der Waals surface area contributed by atoms with Gasteiger partial charge in [0.15, 0.2) is 0 Å². The molecule has 1 aliphatic rings. The number of phenols is 1. The van der Waals surface area contributed by atoms with Gasteiger partial charge in [0.25, 0.3) is 0 Å². The summed E-state index contributed by atoms with van der Waals surface area (Å²) in [6, 6.07) is 19.5. The first-order valence-electron chi connectivity index (χ1n) is 10.2. The third-order valence-corrected chi connectivity index (χ3v) is 5.55. The smallest absolute Gasteiger partial charge is 0.142 e. The van der Waals surface area contributed by atoms with Crippen LogP contribution in [0.4, 0.5) is 11.5 Å². The van der Waals surface area contributed by atoms with Gasteiger partial charge < -0.3 is 21.5 Å². The van der Waals surface area contributed by atoms with Crippen molar-refractivity contribution >= 4 is 23.9 Å². The first-order chi connectivity index (χ1) is 14.7. The number of hydrogen-bond donors (Lipinski definition) is 4. The number of benzene rings is 2. The van der Waals surface area contributed by atoms with Crippen LogP contribution in [0.3, 0.4) is 0 Å². The Morgan fingerprint density at radius 2 is 2.00 bits per heavy atom. The highest BCUT2D eigenvalue weighted by Gasteiger charge is 2.23. The van der Waals surface area contributed by atoms with Crippen molar-refractivity contribution in [3.05, 3.63) is 71.3 Å². The van der Waals surface area contributed by atoms with Crippen molar-refractivity contribution in [2.75, 3.05) is 24.1 Å². The molecule has 160 valence electrons. The van der Waals surface area contributed by atoms with Crippen LogP contribution >= 0.6 is 12.4 Å². The van der Waals surface area contributed by atoms with E-state index in [0.29, 0.717) is 23.4 Å². The molecular weight excluding hydrogens is 410 g/mol. The van der Waals surface area contributed by atoms with E-state index in [4.69, 9.17) is 5.73 Å². The SMILES string of the molecule is Cl.N#Cc1c(C2CCCNC2)cc(-c2c(O)cccc2NCc2ccccc2)nc1N. The summed E-state index contributed by atoms with van der Waals surface area (Å²) in [5.41, 5.74) is 10.6. The van der Waals surface area contributed by atoms with Crippen LogP contribution in [0.15, 0.2) is 54.6 Å². The van der Waals surface area contributed by atoms with E-state index in [1.165, 1.54) is 0 Å². The molecule has 1 unspecified atom stereocenters. The number of rotatable bonds is 5. The van der Waals surface area contributed by atoms with Gasteiger partial charge in [0.05, 0.1) is 16.8 Å². The molecule has 1 aliphatic heterocycles. The van der Waals surface area contributed by atoms with Crippen molar-refractivity contribution in [3.63, 3.8) is 0 Å². The maximum Gasteiger partial charge on any atom is 0.142 e. The molecule has 0 saturated carbocycles. The van der Waals surface area contributed by atoms with Gasteiger partial charge in [-0.2, -0.15) is 5.26 Å². The summed E-state index contributed by atoms with van der Waals surface area (Å²) in [5, 5.41) is 27.1. The van der Waals surface area contributed by atoms with Gasteiger partial charge in [0.2, 0.25) is 0 Å². The van der Waals surface area contributed by atoms with Crippen LogP contribution < -0.4 is 16.4 Å². The Morgan fingerprint density at radius 3 is 2.71 bits per heavy atom. The molecular formula is C24H26ClN5O. The number of anilines is 2. The minimum Gasteiger partial charge on any atom is -0.507 e. The molecule has 3 aromatic rings. The van der Waals surface area contributed by atoms with Gasteiger partial charge >= 0.3 is 0 Å². The maximum absolute atomic E-state index is 10.7. The quantitative estimate of drug-likeness (QED) is 0.473. The number of nitrogens with one attached hydrogen (secondary N) is 2. The Bertz CT molecular complexity index is 1080. The molecule has 31 heavy (non-hydrogen) atoms. The molecule has 1 saturated heterocycles. The minimum absolute atomic E-state index is 0. The lowest BCUT2D eigenvalue weighted by Crippen LogP contribution is -2.29.